The van der Waals surface area contributed by atoms with Gasteiger partial charge in [0.05, 0.1) is 30.0 Å². The lowest BCUT2D eigenvalue weighted by molar-refractivity contribution is -0.141. The number of alkyl halides is 3. The average Bonchev–Trinajstić information content (AvgIpc) is 3.14. The molecule has 2 aromatic heterocycles. The van der Waals surface area contributed by atoms with Gasteiger partial charge in [-0.3, -0.25) is 14.3 Å². The molecule has 2 heterocycles. The van der Waals surface area contributed by atoms with Crippen LogP contribution in [0.5, 0.6) is 0 Å². The first-order valence-corrected chi connectivity index (χ1v) is 9.12. The van der Waals surface area contributed by atoms with Crippen LogP contribution in [0.15, 0.2) is 6.07 Å². The predicted molar refractivity (Wildman–Crippen MR) is 98.7 cm³/mol. The quantitative estimate of drug-likeness (QED) is 0.681. The molecule has 158 valence electrons. The number of halogens is 3. The molecule has 29 heavy (non-hydrogen) atoms. The molecule has 0 radical (unpaired) electrons. The fraction of sp³-hybridized carbons (Fsp3) is 0.412. The maximum atomic E-state index is 12.8. The summed E-state index contributed by atoms with van der Waals surface area (Å²) >= 11 is 0.822. The minimum absolute atomic E-state index is 0.00137. The van der Waals surface area contributed by atoms with Gasteiger partial charge in [-0.25, -0.2) is 4.79 Å². The Balaban J connectivity index is 2.24. The Kier molecular flexibility index (Phi) is 6.36. The molecular formula is C17H19F3N4O4S. The van der Waals surface area contributed by atoms with Gasteiger partial charge in [0.25, 0.3) is 5.91 Å². The number of nitrogens with one attached hydrogen (secondary N) is 1. The second kappa shape index (κ2) is 8.23. The van der Waals surface area contributed by atoms with Crippen LogP contribution in [0, 0.1) is 19.8 Å². The highest BCUT2D eigenvalue weighted by molar-refractivity contribution is 7.18. The molecule has 1 unspecified atom stereocenters. The van der Waals surface area contributed by atoms with Crippen LogP contribution in [-0.4, -0.2) is 34.7 Å². The van der Waals surface area contributed by atoms with E-state index < -0.39 is 35.6 Å². The second-order valence-electron chi connectivity index (χ2n) is 6.36. The van der Waals surface area contributed by atoms with Crippen LogP contribution in [0.25, 0.3) is 0 Å². The summed E-state index contributed by atoms with van der Waals surface area (Å²) in [5.41, 5.74) is 4.76. The number of aromatic nitrogens is 2. The molecule has 0 aliphatic rings. The zero-order valence-electron chi connectivity index (χ0n) is 16.0. The number of nitrogens with zero attached hydrogens (tertiary/aromatic N) is 2. The van der Waals surface area contributed by atoms with Crippen molar-refractivity contribution in [1.82, 2.24) is 9.78 Å². The van der Waals surface area contributed by atoms with Gasteiger partial charge >= 0.3 is 12.1 Å². The maximum absolute atomic E-state index is 12.8. The summed E-state index contributed by atoms with van der Waals surface area (Å²) in [7, 11) is 1.15. The zero-order chi connectivity index (χ0) is 22.1. The maximum Gasteiger partial charge on any atom is 0.435 e. The number of rotatable bonds is 6. The lowest BCUT2D eigenvalue weighted by Gasteiger charge is -2.13. The molecule has 12 heteroatoms. The molecule has 0 bridgehead atoms. The van der Waals surface area contributed by atoms with Gasteiger partial charge in [0, 0.05) is 5.69 Å². The molecule has 0 aliphatic carbocycles. The van der Waals surface area contributed by atoms with E-state index >= 15 is 0 Å². The molecule has 1 atom stereocenters. The van der Waals surface area contributed by atoms with Gasteiger partial charge in [-0.2, -0.15) is 18.3 Å². The van der Waals surface area contributed by atoms with E-state index in [4.69, 9.17) is 5.73 Å². The highest BCUT2D eigenvalue weighted by atomic mass is 32.1. The normalized spacial score (nSPS) is 12.5. The molecule has 0 fully saturated rings. The summed E-state index contributed by atoms with van der Waals surface area (Å²) in [5.74, 6) is -2.89. The molecule has 0 spiro atoms. The minimum Gasteiger partial charge on any atom is -0.465 e. The summed E-state index contributed by atoms with van der Waals surface area (Å²) in [5, 5.41) is 6.09. The summed E-state index contributed by atoms with van der Waals surface area (Å²) in [4.78, 5) is 36.2. The van der Waals surface area contributed by atoms with Crippen LogP contribution in [-0.2, 0) is 22.3 Å². The van der Waals surface area contributed by atoms with Gasteiger partial charge in [-0.05, 0) is 25.5 Å². The topological polar surface area (TPSA) is 116 Å². The number of hydrogen-bond donors (Lipinski definition) is 2. The number of thiophene rings is 1. The van der Waals surface area contributed by atoms with Gasteiger partial charge in [0.15, 0.2) is 5.69 Å². The van der Waals surface area contributed by atoms with Gasteiger partial charge in [0.1, 0.15) is 5.00 Å². The summed E-state index contributed by atoms with van der Waals surface area (Å²) in [6.07, 6.45) is -4.59. The predicted octanol–water partition coefficient (Wildman–Crippen LogP) is 2.74. The van der Waals surface area contributed by atoms with Crippen LogP contribution in [0.4, 0.5) is 18.2 Å². The Hall–Kier alpha value is -2.89. The third-order valence-corrected chi connectivity index (χ3v) is 5.38. The van der Waals surface area contributed by atoms with Gasteiger partial charge < -0.3 is 15.8 Å². The van der Waals surface area contributed by atoms with Crippen LogP contribution in [0.1, 0.15) is 43.9 Å². The smallest absolute Gasteiger partial charge is 0.435 e. The molecule has 8 nitrogen and oxygen atoms in total. The lowest BCUT2D eigenvalue weighted by atomic mass is 10.1. The highest BCUT2D eigenvalue weighted by Crippen LogP contribution is 2.34. The molecule has 0 aliphatic heterocycles. The van der Waals surface area contributed by atoms with E-state index in [-0.39, 0.29) is 33.2 Å². The van der Waals surface area contributed by atoms with E-state index in [2.05, 4.69) is 15.2 Å². The van der Waals surface area contributed by atoms with E-state index in [0.29, 0.717) is 0 Å². The number of carbonyl (C=O) groups excluding carboxylic acids is 3. The molecule has 0 aromatic carbocycles. The Morgan fingerprint density at radius 3 is 2.45 bits per heavy atom. The SMILES string of the molecule is COC(=O)c1c(NC(=O)C(C)Cn2nc(C(F)(F)F)cc2C)sc(C(N)=O)c1C. The number of hydrogen-bond acceptors (Lipinski definition) is 6. The standard InChI is InChI=1S/C17H19F3N4O4S/c1-7(6-24-8(2)5-10(23-24)17(18,19)20)14(26)22-15-11(16(27)28-4)9(3)12(29-15)13(21)25/h5,7H,6H2,1-4H3,(H2,21,25)(H,22,26). The van der Waals surface area contributed by atoms with Crippen molar-refractivity contribution in [3.05, 3.63) is 33.5 Å². The summed E-state index contributed by atoms with van der Waals surface area (Å²) in [6, 6.07) is 0.891. The average molecular weight is 432 g/mol. The molecule has 2 aromatic rings. The van der Waals surface area contributed by atoms with Crippen molar-refractivity contribution in [3.8, 4) is 0 Å². The fourth-order valence-electron chi connectivity index (χ4n) is 2.60. The zero-order valence-corrected chi connectivity index (χ0v) is 16.8. The second-order valence-corrected chi connectivity index (χ2v) is 7.38. The summed E-state index contributed by atoms with van der Waals surface area (Å²) < 4.78 is 44.1. The van der Waals surface area contributed by atoms with Gasteiger partial charge in [-0.1, -0.05) is 6.92 Å². The lowest BCUT2D eigenvalue weighted by Crippen LogP contribution is -2.26. The number of amides is 2. The summed E-state index contributed by atoms with van der Waals surface area (Å²) in [6.45, 7) is 4.32. The van der Waals surface area contributed by atoms with E-state index in [1.54, 1.807) is 0 Å². The van der Waals surface area contributed by atoms with Crippen LogP contribution in [0.3, 0.4) is 0 Å². The van der Waals surface area contributed by atoms with Crippen LogP contribution >= 0.6 is 11.3 Å². The minimum atomic E-state index is -4.59. The third kappa shape index (κ3) is 4.75. The van der Waals surface area contributed by atoms with Gasteiger partial charge in [-0.15, -0.1) is 11.3 Å². The van der Waals surface area contributed by atoms with Crippen molar-refractivity contribution in [3.63, 3.8) is 0 Å². The number of aryl methyl sites for hydroxylation is 1. The van der Waals surface area contributed by atoms with Crippen molar-refractivity contribution >= 4 is 34.1 Å². The van der Waals surface area contributed by atoms with Crippen molar-refractivity contribution in [2.75, 3.05) is 12.4 Å². The van der Waals surface area contributed by atoms with Crippen LogP contribution < -0.4 is 11.1 Å². The van der Waals surface area contributed by atoms with E-state index in [1.165, 1.54) is 20.8 Å². The van der Waals surface area contributed by atoms with E-state index in [1.807, 2.05) is 0 Å². The molecule has 2 amide bonds. The van der Waals surface area contributed by atoms with Crippen molar-refractivity contribution < 1.29 is 32.3 Å². The first-order valence-electron chi connectivity index (χ1n) is 8.30. The number of esters is 1. The van der Waals surface area contributed by atoms with E-state index in [9.17, 15) is 27.6 Å². The Morgan fingerprint density at radius 1 is 1.34 bits per heavy atom. The molecule has 2 rings (SSSR count). The number of anilines is 1. The Labute approximate surface area is 167 Å². The highest BCUT2D eigenvalue weighted by Gasteiger charge is 2.34. The van der Waals surface area contributed by atoms with E-state index in [0.717, 1.165) is 29.2 Å². The van der Waals surface area contributed by atoms with Gasteiger partial charge in [0.2, 0.25) is 5.91 Å². The first-order chi connectivity index (χ1) is 13.4. The Bertz CT molecular complexity index is 965. The monoisotopic (exact) mass is 432 g/mol. The molecule has 3 N–H and O–H groups in total. The largest absolute Gasteiger partial charge is 0.465 e. The molecular weight excluding hydrogens is 413 g/mol. The van der Waals surface area contributed by atoms with Crippen molar-refractivity contribution in [2.45, 2.75) is 33.5 Å². The Morgan fingerprint density at radius 2 is 1.97 bits per heavy atom. The molecule has 0 saturated carbocycles. The van der Waals surface area contributed by atoms with Crippen molar-refractivity contribution in [2.24, 2.45) is 11.7 Å². The van der Waals surface area contributed by atoms with Crippen LogP contribution in [0.2, 0.25) is 0 Å². The van der Waals surface area contributed by atoms with Crippen molar-refractivity contribution in [1.29, 1.82) is 0 Å². The number of carbonyl (C=O) groups is 3. The third-order valence-electron chi connectivity index (χ3n) is 4.16. The first kappa shape index (κ1) is 22.4. The number of ether oxygens (including phenoxy) is 1. The number of methoxy groups -OCH3 is 1. The fourth-order valence-corrected chi connectivity index (χ4v) is 3.65. The number of nitrogens with two attached hydrogens (primary N) is 1. The molecule has 0 saturated heterocycles. The number of primary amides is 1.